The lowest BCUT2D eigenvalue weighted by atomic mass is 10.2. The third-order valence-corrected chi connectivity index (χ3v) is 5.86. The van der Waals surface area contributed by atoms with E-state index in [0.717, 1.165) is 24.4 Å². The minimum Gasteiger partial charge on any atom is -0.489 e. The van der Waals surface area contributed by atoms with Crippen molar-refractivity contribution in [1.29, 1.82) is 0 Å². The quantitative estimate of drug-likeness (QED) is 0.488. The molecule has 1 fully saturated rings. The highest BCUT2D eigenvalue weighted by Gasteiger charge is 2.21. The van der Waals surface area contributed by atoms with Gasteiger partial charge in [0.2, 0.25) is 5.91 Å². The molecule has 0 unspecified atom stereocenters. The number of hydrogen-bond donors (Lipinski definition) is 1. The van der Waals surface area contributed by atoms with Crippen molar-refractivity contribution >= 4 is 17.5 Å². The lowest BCUT2D eigenvalue weighted by molar-refractivity contribution is -0.131. The van der Waals surface area contributed by atoms with Gasteiger partial charge in [-0.15, -0.1) is 0 Å². The second-order valence-corrected chi connectivity index (χ2v) is 8.34. The molecule has 7 nitrogen and oxygen atoms in total. The highest BCUT2D eigenvalue weighted by molar-refractivity contribution is 5.80. The highest BCUT2D eigenvalue weighted by atomic mass is 16.5. The van der Waals surface area contributed by atoms with Crippen molar-refractivity contribution in [3.8, 4) is 11.5 Å². The highest BCUT2D eigenvalue weighted by Crippen LogP contribution is 2.19. The second kappa shape index (κ2) is 12.5. The maximum Gasteiger partial charge on any atom is 0.257 e. The van der Waals surface area contributed by atoms with Crippen LogP contribution >= 0.6 is 0 Å². The van der Waals surface area contributed by atoms with Crippen molar-refractivity contribution in [2.24, 2.45) is 0 Å². The van der Waals surface area contributed by atoms with Crippen LogP contribution in [0.3, 0.4) is 0 Å². The molecule has 0 radical (unpaired) electrons. The van der Waals surface area contributed by atoms with E-state index in [4.69, 9.17) is 9.47 Å². The Hall–Kier alpha value is -4.00. The molecule has 3 aromatic rings. The van der Waals surface area contributed by atoms with Gasteiger partial charge in [0.05, 0.1) is 0 Å². The van der Waals surface area contributed by atoms with Gasteiger partial charge in [0.15, 0.2) is 6.61 Å². The first-order chi connectivity index (χ1) is 17.2. The van der Waals surface area contributed by atoms with Gasteiger partial charge in [-0.05, 0) is 42.0 Å². The number of ether oxygens (including phenoxy) is 2. The Morgan fingerprint density at radius 1 is 0.743 bits per heavy atom. The number of hydrogen-bond acceptors (Lipinski definition) is 5. The Kier molecular flexibility index (Phi) is 8.59. The van der Waals surface area contributed by atoms with Crippen LogP contribution in [0.25, 0.3) is 0 Å². The summed E-state index contributed by atoms with van der Waals surface area (Å²) in [5.74, 6) is 1.12. The molecule has 4 rings (SSSR count). The summed E-state index contributed by atoms with van der Waals surface area (Å²) < 4.78 is 11.3. The molecule has 0 aromatic heterocycles. The smallest absolute Gasteiger partial charge is 0.257 e. The molecule has 1 N–H and O–H groups in total. The van der Waals surface area contributed by atoms with Crippen molar-refractivity contribution in [1.82, 2.24) is 10.2 Å². The lowest BCUT2D eigenvalue weighted by Gasteiger charge is -2.36. The van der Waals surface area contributed by atoms with Gasteiger partial charge in [0.25, 0.3) is 5.91 Å². The molecule has 35 heavy (non-hydrogen) atoms. The number of anilines is 1. The minimum atomic E-state index is -0.254. The molecule has 0 bridgehead atoms. The first-order valence-electron chi connectivity index (χ1n) is 11.9. The normalized spacial score (nSPS) is 13.3. The summed E-state index contributed by atoms with van der Waals surface area (Å²) in [6.07, 6.45) is 0.282. The zero-order valence-corrected chi connectivity index (χ0v) is 19.8. The summed E-state index contributed by atoms with van der Waals surface area (Å²) in [7, 11) is 0. The summed E-state index contributed by atoms with van der Waals surface area (Å²) in [4.78, 5) is 28.7. The van der Waals surface area contributed by atoms with Crippen LogP contribution in [-0.2, 0) is 16.2 Å². The Balaban J connectivity index is 1.10. The number of amides is 2. The first kappa shape index (κ1) is 24.1. The fourth-order valence-electron chi connectivity index (χ4n) is 3.89. The van der Waals surface area contributed by atoms with E-state index >= 15 is 0 Å². The Morgan fingerprint density at radius 3 is 2.00 bits per heavy atom. The van der Waals surface area contributed by atoms with Gasteiger partial charge in [-0.25, -0.2) is 0 Å². The number of carbonyl (C=O) groups excluding carboxylic acids is 2. The SMILES string of the molecule is O=C(COc1ccc(OCc2ccccc2)cc1)NCCC(=O)N1CCN(c2ccccc2)CC1. The molecular weight excluding hydrogens is 442 g/mol. The lowest BCUT2D eigenvalue weighted by Crippen LogP contribution is -2.49. The molecule has 1 saturated heterocycles. The molecule has 0 saturated carbocycles. The summed E-state index contributed by atoms with van der Waals surface area (Å²) >= 11 is 0. The summed E-state index contributed by atoms with van der Waals surface area (Å²) in [6.45, 7) is 3.69. The maximum absolute atomic E-state index is 12.5. The zero-order chi connectivity index (χ0) is 24.3. The predicted molar refractivity (Wildman–Crippen MR) is 136 cm³/mol. The maximum atomic E-state index is 12.5. The third-order valence-electron chi connectivity index (χ3n) is 5.86. The largest absolute Gasteiger partial charge is 0.489 e. The monoisotopic (exact) mass is 473 g/mol. The van der Waals surface area contributed by atoms with E-state index in [1.54, 1.807) is 12.1 Å². The number of rotatable bonds is 10. The van der Waals surface area contributed by atoms with Gasteiger partial charge < -0.3 is 24.6 Å². The molecule has 0 atom stereocenters. The van der Waals surface area contributed by atoms with Crippen molar-refractivity contribution in [2.45, 2.75) is 13.0 Å². The fourth-order valence-corrected chi connectivity index (χ4v) is 3.89. The van der Waals surface area contributed by atoms with E-state index in [0.29, 0.717) is 32.0 Å². The van der Waals surface area contributed by atoms with Gasteiger partial charge in [-0.1, -0.05) is 48.5 Å². The number of benzene rings is 3. The van der Waals surface area contributed by atoms with Crippen molar-refractivity contribution in [2.75, 3.05) is 44.2 Å². The molecule has 0 aliphatic carbocycles. The third kappa shape index (κ3) is 7.50. The number of nitrogens with zero attached hydrogens (tertiary/aromatic N) is 2. The second-order valence-electron chi connectivity index (χ2n) is 8.34. The van der Waals surface area contributed by atoms with Crippen molar-refractivity contribution < 1.29 is 19.1 Å². The van der Waals surface area contributed by atoms with E-state index in [-0.39, 0.29) is 24.8 Å². The molecule has 2 amide bonds. The number of nitrogens with one attached hydrogen (secondary N) is 1. The topological polar surface area (TPSA) is 71.1 Å². The van der Waals surface area contributed by atoms with Crippen LogP contribution in [0.4, 0.5) is 5.69 Å². The summed E-state index contributed by atoms with van der Waals surface area (Å²) in [6, 6.07) is 27.3. The van der Waals surface area contributed by atoms with Gasteiger partial charge in [-0.3, -0.25) is 9.59 Å². The van der Waals surface area contributed by atoms with Gasteiger partial charge >= 0.3 is 0 Å². The van der Waals surface area contributed by atoms with Crippen LogP contribution in [0.2, 0.25) is 0 Å². The Bertz CT molecular complexity index is 1070. The van der Waals surface area contributed by atoms with E-state index in [9.17, 15) is 9.59 Å². The molecule has 0 spiro atoms. The molecule has 1 aliphatic rings. The van der Waals surface area contributed by atoms with E-state index < -0.39 is 0 Å². The molecule has 1 aliphatic heterocycles. The summed E-state index contributed by atoms with van der Waals surface area (Å²) in [5.41, 5.74) is 2.28. The average molecular weight is 474 g/mol. The van der Waals surface area contributed by atoms with Crippen LogP contribution in [-0.4, -0.2) is 56.0 Å². The van der Waals surface area contributed by atoms with E-state index in [2.05, 4.69) is 22.3 Å². The van der Waals surface area contributed by atoms with E-state index in [1.165, 1.54) is 5.69 Å². The van der Waals surface area contributed by atoms with Crippen LogP contribution in [0, 0.1) is 0 Å². The number of carbonyl (C=O) groups is 2. The molecule has 7 heteroatoms. The fraction of sp³-hybridized carbons (Fsp3) is 0.286. The van der Waals surface area contributed by atoms with Crippen LogP contribution in [0.5, 0.6) is 11.5 Å². The Morgan fingerprint density at radius 2 is 1.34 bits per heavy atom. The van der Waals surface area contributed by atoms with Crippen LogP contribution in [0.1, 0.15) is 12.0 Å². The van der Waals surface area contributed by atoms with Gasteiger partial charge in [0.1, 0.15) is 18.1 Å². The number of para-hydroxylation sites is 1. The molecular formula is C28H31N3O4. The zero-order valence-electron chi connectivity index (χ0n) is 19.8. The summed E-state index contributed by atoms with van der Waals surface area (Å²) in [5, 5.41) is 2.76. The predicted octanol–water partition coefficient (Wildman–Crippen LogP) is 3.50. The minimum absolute atomic E-state index is 0.0602. The average Bonchev–Trinajstić information content (AvgIpc) is 2.92. The number of piperazine rings is 1. The Labute approximate surface area is 206 Å². The van der Waals surface area contributed by atoms with Gasteiger partial charge in [0, 0.05) is 44.8 Å². The first-order valence-corrected chi connectivity index (χ1v) is 11.9. The molecule has 1 heterocycles. The van der Waals surface area contributed by atoms with Gasteiger partial charge in [-0.2, -0.15) is 0 Å². The van der Waals surface area contributed by atoms with Crippen LogP contribution < -0.4 is 19.7 Å². The standard InChI is InChI=1S/C28H31N3O4/c32-27(22-35-26-13-11-25(12-14-26)34-21-23-7-3-1-4-8-23)29-16-15-28(33)31-19-17-30(18-20-31)24-9-5-2-6-10-24/h1-14H,15-22H2,(H,29,32). The van der Waals surface area contributed by atoms with E-state index in [1.807, 2.05) is 65.6 Å². The molecule has 3 aromatic carbocycles. The van der Waals surface area contributed by atoms with Crippen LogP contribution in [0.15, 0.2) is 84.9 Å². The van der Waals surface area contributed by atoms with Crippen molar-refractivity contribution in [3.05, 3.63) is 90.5 Å². The van der Waals surface area contributed by atoms with Crippen molar-refractivity contribution in [3.63, 3.8) is 0 Å². The molecule has 182 valence electrons.